The first kappa shape index (κ1) is 33.2. The lowest BCUT2D eigenvalue weighted by Gasteiger charge is -2.39. The van der Waals surface area contributed by atoms with Crippen LogP contribution in [0.5, 0.6) is 0 Å². The molecular formula is C38H45N5O5. The predicted molar refractivity (Wildman–Crippen MR) is 186 cm³/mol. The second-order valence-electron chi connectivity index (χ2n) is 13.2. The van der Waals surface area contributed by atoms with E-state index >= 15 is 0 Å². The van der Waals surface area contributed by atoms with Crippen LogP contribution < -0.4 is 15.5 Å². The number of nitrogens with zero attached hydrogens (tertiary/aromatic N) is 3. The van der Waals surface area contributed by atoms with E-state index in [1.807, 2.05) is 37.3 Å². The highest BCUT2D eigenvalue weighted by Gasteiger charge is 2.31. The topological polar surface area (TPSA) is 111 Å². The molecule has 0 radical (unpaired) electrons. The van der Waals surface area contributed by atoms with E-state index in [0.29, 0.717) is 25.1 Å². The molecule has 2 heterocycles. The number of amides is 3. The first-order valence-corrected chi connectivity index (χ1v) is 17.0. The van der Waals surface area contributed by atoms with Gasteiger partial charge in [-0.05, 0) is 66.1 Å². The van der Waals surface area contributed by atoms with Gasteiger partial charge in [0, 0.05) is 75.6 Å². The van der Waals surface area contributed by atoms with Gasteiger partial charge < -0.3 is 25.2 Å². The molecule has 1 saturated carbocycles. The van der Waals surface area contributed by atoms with Gasteiger partial charge in [-0.25, -0.2) is 4.79 Å². The number of carbonyl (C=O) groups is 4. The number of rotatable bonds is 12. The van der Waals surface area contributed by atoms with Crippen LogP contribution in [0.2, 0.25) is 0 Å². The fourth-order valence-corrected chi connectivity index (χ4v) is 6.64. The standard InChI is InChI=1S/C38H45N5O5/c1-26(32-9-5-7-28-6-3-4-8-33(28)32)39-38(47)34-22-31(42-20-18-41(19-21-42)23-27-10-11-27)14-12-29(34)13-15-35(44)40-30-24-43(25-30)36(45)16-17-37(46)48-2/h3-9,12,14,16-17,22,26-27,30H,10-11,13,15,18-21,23-25H2,1-2H3,(H,39,47)(H,40,44)/b17-16+/t26-/m1/s1. The second-order valence-corrected chi connectivity index (χ2v) is 13.2. The molecule has 2 aliphatic heterocycles. The second kappa shape index (κ2) is 15.0. The van der Waals surface area contributed by atoms with Gasteiger partial charge in [0.15, 0.2) is 0 Å². The molecule has 3 amide bonds. The number of aryl methyl sites for hydroxylation is 1. The maximum absolute atomic E-state index is 14.0. The van der Waals surface area contributed by atoms with Crippen LogP contribution in [0.1, 0.15) is 53.7 Å². The zero-order valence-corrected chi connectivity index (χ0v) is 27.8. The van der Waals surface area contributed by atoms with Gasteiger partial charge in [-0.3, -0.25) is 19.3 Å². The van der Waals surface area contributed by atoms with Crippen molar-refractivity contribution in [2.24, 2.45) is 5.92 Å². The van der Waals surface area contributed by atoms with Crippen molar-refractivity contribution in [2.45, 2.75) is 44.7 Å². The van der Waals surface area contributed by atoms with Crippen molar-refractivity contribution < 1.29 is 23.9 Å². The van der Waals surface area contributed by atoms with Gasteiger partial charge in [-0.1, -0.05) is 48.5 Å². The molecule has 6 rings (SSSR count). The molecule has 2 N–H and O–H groups in total. The minimum absolute atomic E-state index is 0.136. The van der Waals surface area contributed by atoms with Gasteiger partial charge >= 0.3 is 5.97 Å². The van der Waals surface area contributed by atoms with Crippen LogP contribution in [0.15, 0.2) is 72.8 Å². The lowest BCUT2D eigenvalue weighted by atomic mass is 9.97. The number of carbonyl (C=O) groups excluding carboxylic acids is 4. The number of ether oxygens (including phenoxy) is 1. The van der Waals surface area contributed by atoms with Crippen LogP contribution >= 0.6 is 0 Å². The van der Waals surface area contributed by atoms with Crippen LogP contribution in [-0.4, -0.2) is 92.5 Å². The third-order valence-electron chi connectivity index (χ3n) is 9.67. The summed E-state index contributed by atoms with van der Waals surface area (Å²) in [5, 5.41) is 8.47. The molecule has 10 heteroatoms. The number of fused-ring (bicyclic) bond motifs is 1. The molecule has 0 aromatic heterocycles. The van der Waals surface area contributed by atoms with E-state index in [0.717, 1.165) is 65.8 Å². The van der Waals surface area contributed by atoms with E-state index < -0.39 is 5.97 Å². The smallest absolute Gasteiger partial charge is 0.330 e. The molecular weight excluding hydrogens is 606 g/mol. The summed E-state index contributed by atoms with van der Waals surface area (Å²) < 4.78 is 4.52. The quantitative estimate of drug-likeness (QED) is 0.226. The molecule has 1 aliphatic carbocycles. The Balaban J connectivity index is 1.11. The average Bonchev–Trinajstić information content (AvgIpc) is 3.91. The third-order valence-corrected chi connectivity index (χ3v) is 9.67. The van der Waals surface area contributed by atoms with Gasteiger partial charge in [-0.15, -0.1) is 0 Å². The van der Waals surface area contributed by atoms with Crippen LogP contribution in [-0.2, 0) is 25.5 Å². The van der Waals surface area contributed by atoms with Crippen LogP contribution in [0, 0.1) is 5.92 Å². The molecule has 3 aromatic carbocycles. The Hall–Kier alpha value is -4.70. The predicted octanol–water partition coefficient (Wildman–Crippen LogP) is 3.85. The molecule has 3 aliphatic rings. The first-order valence-electron chi connectivity index (χ1n) is 17.0. The van der Waals surface area contributed by atoms with Crippen molar-refractivity contribution in [3.8, 4) is 0 Å². The highest BCUT2D eigenvalue weighted by atomic mass is 16.5. The summed E-state index contributed by atoms with van der Waals surface area (Å²) in [6, 6.07) is 20.0. The van der Waals surface area contributed by atoms with E-state index in [9.17, 15) is 19.2 Å². The Morgan fingerprint density at radius 3 is 2.44 bits per heavy atom. The highest BCUT2D eigenvalue weighted by Crippen LogP contribution is 2.31. The van der Waals surface area contributed by atoms with E-state index in [-0.39, 0.29) is 36.2 Å². The molecule has 0 spiro atoms. The van der Waals surface area contributed by atoms with Crippen molar-refractivity contribution in [3.05, 3.63) is 89.5 Å². The average molecular weight is 652 g/mol. The summed E-state index contributed by atoms with van der Waals surface area (Å²) in [7, 11) is 1.25. The molecule has 0 bridgehead atoms. The number of anilines is 1. The van der Waals surface area contributed by atoms with Crippen molar-refractivity contribution >= 4 is 40.2 Å². The number of hydrogen-bond acceptors (Lipinski definition) is 7. The van der Waals surface area contributed by atoms with Gasteiger partial charge in [0.2, 0.25) is 11.8 Å². The summed E-state index contributed by atoms with van der Waals surface area (Å²) in [6.07, 6.45) is 5.59. The monoisotopic (exact) mass is 651 g/mol. The fraction of sp³-hybridized carbons (Fsp3) is 0.421. The Bertz CT molecular complexity index is 1680. The number of methoxy groups -OCH3 is 1. The van der Waals surface area contributed by atoms with Crippen LogP contribution in [0.3, 0.4) is 0 Å². The summed E-state index contributed by atoms with van der Waals surface area (Å²) >= 11 is 0. The zero-order chi connectivity index (χ0) is 33.6. The van der Waals surface area contributed by atoms with Gasteiger partial charge in [-0.2, -0.15) is 0 Å². The van der Waals surface area contributed by atoms with Gasteiger partial charge in [0.25, 0.3) is 5.91 Å². The summed E-state index contributed by atoms with van der Waals surface area (Å²) in [5.74, 6) is -0.322. The molecule has 3 aromatic rings. The molecule has 0 unspecified atom stereocenters. The minimum atomic E-state index is -0.593. The first-order chi connectivity index (χ1) is 23.3. The Labute approximate surface area is 282 Å². The molecule has 48 heavy (non-hydrogen) atoms. The lowest BCUT2D eigenvalue weighted by Crippen LogP contribution is -2.60. The van der Waals surface area contributed by atoms with Gasteiger partial charge in [0.1, 0.15) is 0 Å². The molecule has 3 fully saturated rings. The Kier molecular flexibility index (Phi) is 10.4. The Morgan fingerprint density at radius 1 is 0.938 bits per heavy atom. The molecule has 252 valence electrons. The number of benzene rings is 3. The molecule has 2 saturated heterocycles. The normalized spacial score (nSPS) is 17.6. The zero-order valence-electron chi connectivity index (χ0n) is 27.8. The lowest BCUT2D eigenvalue weighted by molar-refractivity contribution is -0.136. The Morgan fingerprint density at radius 2 is 1.69 bits per heavy atom. The number of hydrogen-bond donors (Lipinski definition) is 2. The third kappa shape index (κ3) is 8.23. The van der Waals surface area contributed by atoms with E-state index in [1.54, 1.807) is 4.90 Å². The fourth-order valence-electron chi connectivity index (χ4n) is 6.64. The number of piperazine rings is 1. The maximum atomic E-state index is 14.0. The van der Waals surface area contributed by atoms with E-state index in [2.05, 4.69) is 55.5 Å². The molecule has 10 nitrogen and oxygen atoms in total. The van der Waals surface area contributed by atoms with Crippen molar-refractivity contribution in [1.29, 1.82) is 0 Å². The van der Waals surface area contributed by atoms with Crippen LogP contribution in [0.4, 0.5) is 5.69 Å². The number of likely N-dealkylation sites (tertiary alicyclic amines) is 1. The SMILES string of the molecule is COC(=O)/C=C/C(=O)N1CC(NC(=O)CCc2ccc(N3CCN(CC4CC4)CC3)cc2C(=O)N[C@H](C)c2cccc3ccccc23)C1. The molecule has 1 atom stereocenters. The highest BCUT2D eigenvalue weighted by molar-refractivity contribution is 5.98. The van der Waals surface area contributed by atoms with Crippen molar-refractivity contribution in [3.63, 3.8) is 0 Å². The van der Waals surface area contributed by atoms with E-state index in [1.165, 1.54) is 32.6 Å². The number of nitrogens with one attached hydrogen (secondary N) is 2. The maximum Gasteiger partial charge on any atom is 0.330 e. The summed E-state index contributed by atoms with van der Waals surface area (Å²) in [6.45, 7) is 7.82. The van der Waals surface area contributed by atoms with Crippen molar-refractivity contribution in [1.82, 2.24) is 20.4 Å². The number of esters is 1. The minimum Gasteiger partial charge on any atom is -0.466 e. The summed E-state index contributed by atoms with van der Waals surface area (Å²) in [5.41, 5.74) is 3.49. The van der Waals surface area contributed by atoms with Crippen molar-refractivity contribution in [2.75, 3.05) is 57.8 Å². The van der Waals surface area contributed by atoms with Crippen LogP contribution in [0.25, 0.3) is 10.8 Å². The van der Waals surface area contributed by atoms with Gasteiger partial charge in [0.05, 0.1) is 19.2 Å². The largest absolute Gasteiger partial charge is 0.466 e. The van der Waals surface area contributed by atoms with E-state index in [4.69, 9.17) is 0 Å². The summed E-state index contributed by atoms with van der Waals surface area (Å²) in [4.78, 5) is 56.8.